The molecule has 0 spiro atoms. The summed E-state index contributed by atoms with van der Waals surface area (Å²) in [7, 11) is 0. The minimum atomic E-state index is -0.424. The van der Waals surface area contributed by atoms with Gasteiger partial charge in [0.2, 0.25) is 0 Å². The van der Waals surface area contributed by atoms with Crippen LogP contribution in [0.1, 0.15) is 25.5 Å². The van der Waals surface area contributed by atoms with E-state index in [0.717, 1.165) is 4.47 Å². The van der Waals surface area contributed by atoms with E-state index in [1.54, 1.807) is 19.1 Å². The van der Waals surface area contributed by atoms with E-state index < -0.39 is 6.10 Å². The fourth-order valence-electron chi connectivity index (χ4n) is 1.37. The molecule has 16 heavy (non-hydrogen) atoms. The predicted octanol–water partition coefficient (Wildman–Crippen LogP) is 2.84. The number of halogens is 2. The lowest BCUT2D eigenvalue weighted by molar-refractivity contribution is 0.187. The van der Waals surface area contributed by atoms with Gasteiger partial charge in [-0.2, -0.15) is 0 Å². The van der Waals surface area contributed by atoms with Crippen molar-refractivity contribution in [2.75, 3.05) is 6.54 Å². The van der Waals surface area contributed by atoms with Gasteiger partial charge < -0.3 is 15.5 Å². The summed E-state index contributed by atoms with van der Waals surface area (Å²) in [5, 5.41) is 22.4. The minimum absolute atomic E-state index is 0.0791. The summed E-state index contributed by atoms with van der Waals surface area (Å²) in [6.07, 6.45) is -0.424. The molecule has 0 fully saturated rings. The first kappa shape index (κ1) is 13.8. The van der Waals surface area contributed by atoms with E-state index in [-0.39, 0.29) is 11.8 Å². The third-order valence-electron chi connectivity index (χ3n) is 2.24. The molecule has 0 aliphatic carbocycles. The number of hydrogen-bond acceptors (Lipinski definition) is 3. The average Bonchev–Trinajstić information content (AvgIpc) is 2.19. The maximum Gasteiger partial charge on any atom is 0.139 e. The summed E-state index contributed by atoms with van der Waals surface area (Å²) >= 11 is 9.19. The number of aromatic hydroxyl groups is 1. The van der Waals surface area contributed by atoms with Crippen LogP contribution in [0, 0.1) is 0 Å². The molecule has 5 heteroatoms. The topological polar surface area (TPSA) is 52.5 Å². The highest BCUT2D eigenvalue weighted by Crippen LogP contribution is 2.34. The Balaban J connectivity index is 2.86. The van der Waals surface area contributed by atoms with Gasteiger partial charge >= 0.3 is 0 Å². The fraction of sp³-hybridized carbons (Fsp3) is 0.455. The number of nitrogens with one attached hydrogen (secondary N) is 1. The van der Waals surface area contributed by atoms with Crippen LogP contribution in [-0.2, 0) is 0 Å². The van der Waals surface area contributed by atoms with Crippen molar-refractivity contribution in [3.8, 4) is 5.75 Å². The second-order valence-electron chi connectivity index (χ2n) is 3.80. The van der Waals surface area contributed by atoms with Gasteiger partial charge in [0.1, 0.15) is 5.75 Å². The van der Waals surface area contributed by atoms with Crippen LogP contribution in [-0.4, -0.2) is 22.9 Å². The Labute approximate surface area is 109 Å². The molecule has 1 rings (SSSR count). The van der Waals surface area contributed by atoms with Gasteiger partial charge in [-0.3, -0.25) is 0 Å². The van der Waals surface area contributed by atoms with Crippen molar-refractivity contribution in [3.05, 3.63) is 27.2 Å². The minimum Gasteiger partial charge on any atom is -0.506 e. The number of hydrogen-bond donors (Lipinski definition) is 3. The molecule has 0 amide bonds. The first-order valence-corrected chi connectivity index (χ1v) is 6.18. The van der Waals surface area contributed by atoms with E-state index in [0.29, 0.717) is 17.1 Å². The van der Waals surface area contributed by atoms with E-state index in [2.05, 4.69) is 21.2 Å². The molecule has 0 aromatic heterocycles. The lowest BCUT2D eigenvalue weighted by atomic mass is 10.1. The molecule has 0 bridgehead atoms. The van der Waals surface area contributed by atoms with Crippen LogP contribution >= 0.6 is 27.5 Å². The SMILES string of the molecule is CC(O)CNC(C)c1cc(Br)cc(Cl)c1O. The van der Waals surface area contributed by atoms with E-state index in [9.17, 15) is 5.11 Å². The number of aliphatic hydroxyl groups excluding tert-OH is 1. The van der Waals surface area contributed by atoms with Crippen LogP contribution in [0.5, 0.6) is 5.75 Å². The molecule has 3 nitrogen and oxygen atoms in total. The molecule has 0 radical (unpaired) electrons. The van der Waals surface area contributed by atoms with Gasteiger partial charge in [0.15, 0.2) is 0 Å². The Kier molecular flexibility index (Phi) is 5.05. The van der Waals surface area contributed by atoms with Crippen LogP contribution in [0.15, 0.2) is 16.6 Å². The van der Waals surface area contributed by atoms with E-state index >= 15 is 0 Å². The van der Waals surface area contributed by atoms with Crippen LogP contribution < -0.4 is 5.32 Å². The van der Waals surface area contributed by atoms with Crippen molar-refractivity contribution in [2.24, 2.45) is 0 Å². The van der Waals surface area contributed by atoms with Crippen molar-refractivity contribution in [1.29, 1.82) is 0 Å². The molecule has 0 aliphatic heterocycles. The van der Waals surface area contributed by atoms with E-state index in [1.807, 2.05) is 6.92 Å². The van der Waals surface area contributed by atoms with Crippen LogP contribution in [0.3, 0.4) is 0 Å². The fourth-order valence-corrected chi connectivity index (χ4v) is 2.21. The Morgan fingerprint density at radius 3 is 2.62 bits per heavy atom. The zero-order chi connectivity index (χ0) is 12.3. The molecule has 0 saturated carbocycles. The number of phenols is 1. The zero-order valence-electron chi connectivity index (χ0n) is 9.17. The van der Waals surface area contributed by atoms with Gasteiger partial charge in [0.05, 0.1) is 11.1 Å². The Morgan fingerprint density at radius 2 is 2.06 bits per heavy atom. The molecule has 2 unspecified atom stereocenters. The Morgan fingerprint density at radius 1 is 1.44 bits per heavy atom. The quantitative estimate of drug-likeness (QED) is 0.802. The van der Waals surface area contributed by atoms with Gasteiger partial charge in [0.25, 0.3) is 0 Å². The van der Waals surface area contributed by atoms with Gasteiger partial charge in [-0.1, -0.05) is 27.5 Å². The predicted molar refractivity (Wildman–Crippen MR) is 68.9 cm³/mol. The van der Waals surface area contributed by atoms with Gasteiger partial charge in [0, 0.05) is 22.6 Å². The summed E-state index contributed by atoms with van der Waals surface area (Å²) < 4.78 is 0.816. The van der Waals surface area contributed by atoms with Gasteiger partial charge in [-0.05, 0) is 26.0 Å². The summed E-state index contributed by atoms with van der Waals surface area (Å²) in [6, 6.07) is 3.37. The average molecular weight is 309 g/mol. The van der Waals surface area contributed by atoms with E-state index in [1.165, 1.54) is 0 Å². The second-order valence-corrected chi connectivity index (χ2v) is 5.13. The molecule has 3 N–H and O–H groups in total. The van der Waals surface area contributed by atoms with Crippen LogP contribution in [0.4, 0.5) is 0 Å². The van der Waals surface area contributed by atoms with Gasteiger partial charge in [-0.15, -0.1) is 0 Å². The lowest BCUT2D eigenvalue weighted by Gasteiger charge is -2.17. The number of rotatable bonds is 4. The normalized spacial score (nSPS) is 14.8. The highest BCUT2D eigenvalue weighted by Gasteiger charge is 2.14. The van der Waals surface area contributed by atoms with Crippen molar-refractivity contribution in [2.45, 2.75) is 26.0 Å². The molecule has 0 heterocycles. The first-order chi connectivity index (χ1) is 7.41. The molecule has 0 aliphatic rings. The van der Waals surface area contributed by atoms with E-state index in [4.69, 9.17) is 16.7 Å². The summed E-state index contributed by atoms with van der Waals surface area (Å²) in [5.74, 6) is 0.0791. The van der Waals surface area contributed by atoms with Crippen LogP contribution in [0.25, 0.3) is 0 Å². The smallest absolute Gasteiger partial charge is 0.139 e. The van der Waals surface area contributed by atoms with Crippen molar-refractivity contribution >= 4 is 27.5 Å². The second kappa shape index (κ2) is 5.87. The molecule has 2 atom stereocenters. The number of phenolic OH excluding ortho intramolecular Hbond substituents is 1. The maximum absolute atomic E-state index is 9.80. The monoisotopic (exact) mass is 307 g/mol. The third kappa shape index (κ3) is 3.63. The largest absolute Gasteiger partial charge is 0.506 e. The van der Waals surface area contributed by atoms with Crippen molar-refractivity contribution in [1.82, 2.24) is 5.32 Å². The molecular weight excluding hydrogens is 293 g/mol. The zero-order valence-corrected chi connectivity index (χ0v) is 11.5. The van der Waals surface area contributed by atoms with Crippen molar-refractivity contribution in [3.63, 3.8) is 0 Å². The summed E-state index contributed by atoms with van der Waals surface area (Å²) in [5.41, 5.74) is 0.708. The van der Waals surface area contributed by atoms with Crippen LogP contribution in [0.2, 0.25) is 5.02 Å². The Bertz CT molecular complexity index is 371. The summed E-state index contributed by atoms with van der Waals surface area (Å²) in [6.45, 7) is 4.07. The highest BCUT2D eigenvalue weighted by atomic mass is 79.9. The number of aliphatic hydroxyl groups is 1. The standard InChI is InChI=1S/C11H15BrClNO2/c1-6(15)5-14-7(2)9-3-8(12)4-10(13)11(9)16/h3-4,6-7,14-16H,5H2,1-2H3. The molecule has 0 saturated heterocycles. The maximum atomic E-state index is 9.80. The van der Waals surface area contributed by atoms with Gasteiger partial charge in [-0.25, -0.2) is 0 Å². The first-order valence-electron chi connectivity index (χ1n) is 5.01. The highest BCUT2D eigenvalue weighted by molar-refractivity contribution is 9.10. The Hall–Kier alpha value is -0.290. The third-order valence-corrected chi connectivity index (χ3v) is 2.99. The molecule has 1 aromatic rings. The number of benzene rings is 1. The lowest BCUT2D eigenvalue weighted by Crippen LogP contribution is -2.27. The molecule has 90 valence electrons. The molecular formula is C11H15BrClNO2. The summed E-state index contributed by atoms with van der Waals surface area (Å²) in [4.78, 5) is 0. The van der Waals surface area contributed by atoms with Crippen molar-refractivity contribution < 1.29 is 10.2 Å². The molecule has 1 aromatic carbocycles.